The van der Waals surface area contributed by atoms with Gasteiger partial charge in [0.1, 0.15) is 6.20 Å². The third kappa shape index (κ3) is 2.82. The van der Waals surface area contributed by atoms with Crippen LogP contribution in [0, 0.1) is 10.1 Å². The summed E-state index contributed by atoms with van der Waals surface area (Å²) < 4.78 is 29.4. The smallest absolute Gasteiger partial charge is 0.331 e. The molecule has 9 heteroatoms. The van der Waals surface area contributed by atoms with Crippen LogP contribution in [0.4, 0.5) is 20.3 Å². The van der Waals surface area contributed by atoms with Crippen molar-refractivity contribution < 1.29 is 13.7 Å². The maximum atomic E-state index is 13.9. The van der Waals surface area contributed by atoms with Crippen LogP contribution < -0.4 is 10.6 Å². The highest BCUT2D eigenvalue weighted by Crippen LogP contribution is 2.42. The van der Waals surface area contributed by atoms with Gasteiger partial charge in [0.05, 0.1) is 17.5 Å². The summed E-state index contributed by atoms with van der Waals surface area (Å²) in [5.74, 6) is -2.76. The van der Waals surface area contributed by atoms with E-state index in [-0.39, 0.29) is 24.1 Å². The molecule has 0 radical (unpaired) electrons. The topological polar surface area (TPSA) is 90.2 Å². The number of rotatable bonds is 3. The van der Waals surface area contributed by atoms with Crippen LogP contribution in [-0.2, 0) is 0 Å². The lowest BCUT2D eigenvalue weighted by Gasteiger charge is -2.25. The second-order valence-electron chi connectivity index (χ2n) is 5.82. The summed E-state index contributed by atoms with van der Waals surface area (Å²) in [6.07, 6.45) is 2.87. The predicted octanol–water partition coefficient (Wildman–Crippen LogP) is 1.69. The molecule has 1 aliphatic heterocycles. The van der Waals surface area contributed by atoms with Crippen molar-refractivity contribution >= 4 is 11.5 Å². The van der Waals surface area contributed by atoms with Crippen LogP contribution in [0.25, 0.3) is 0 Å². The van der Waals surface area contributed by atoms with E-state index in [4.69, 9.17) is 5.73 Å². The van der Waals surface area contributed by atoms with Gasteiger partial charge in [-0.15, -0.1) is 0 Å². The zero-order chi connectivity index (χ0) is 15.2. The van der Waals surface area contributed by atoms with Crippen LogP contribution in [-0.4, -0.2) is 39.8 Å². The number of nitrogens with two attached hydrogens (primary N) is 1. The molecule has 0 amide bonds. The summed E-state index contributed by atoms with van der Waals surface area (Å²) in [5, 5.41) is 15.2. The van der Waals surface area contributed by atoms with Gasteiger partial charge in [-0.1, -0.05) is 0 Å². The Hall–Kier alpha value is -1.77. The van der Waals surface area contributed by atoms with Crippen molar-refractivity contribution in [3.05, 3.63) is 16.3 Å². The molecule has 2 N–H and O–H groups in total. The summed E-state index contributed by atoms with van der Waals surface area (Å²) in [6, 6.07) is -0.513. The first kappa shape index (κ1) is 14.2. The Bertz CT molecular complexity index is 558. The Morgan fingerprint density at radius 1 is 1.43 bits per heavy atom. The summed E-state index contributed by atoms with van der Waals surface area (Å²) >= 11 is 0. The van der Waals surface area contributed by atoms with Crippen LogP contribution >= 0.6 is 0 Å². The molecule has 1 aliphatic carbocycles. The third-order valence-corrected chi connectivity index (χ3v) is 3.89. The van der Waals surface area contributed by atoms with Gasteiger partial charge < -0.3 is 10.6 Å². The minimum atomic E-state index is -2.96. The van der Waals surface area contributed by atoms with E-state index >= 15 is 0 Å². The van der Waals surface area contributed by atoms with Crippen molar-refractivity contribution in [1.82, 2.24) is 9.78 Å². The number of hydrogen-bond acceptors (Lipinski definition) is 5. The van der Waals surface area contributed by atoms with E-state index < -0.39 is 29.9 Å². The van der Waals surface area contributed by atoms with Crippen molar-refractivity contribution in [1.29, 1.82) is 0 Å². The molecule has 2 fully saturated rings. The van der Waals surface area contributed by atoms with Gasteiger partial charge in [-0.2, -0.15) is 5.10 Å². The number of hydrogen-bond donors (Lipinski definition) is 1. The van der Waals surface area contributed by atoms with E-state index in [2.05, 4.69) is 5.10 Å². The maximum Gasteiger partial charge on any atom is 0.331 e. The summed E-state index contributed by atoms with van der Waals surface area (Å²) in [6.45, 7) is -0.282. The lowest BCUT2D eigenvalue weighted by atomic mass is 10.1. The Morgan fingerprint density at radius 2 is 2.14 bits per heavy atom. The summed E-state index contributed by atoms with van der Waals surface area (Å²) in [4.78, 5) is 12.0. The molecule has 0 spiro atoms. The van der Waals surface area contributed by atoms with Crippen molar-refractivity contribution in [2.24, 2.45) is 5.73 Å². The predicted molar refractivity (Wildman–Crippen MR) is 71.5 cm³/mol. The SMILES string of the molecule is NC1CCN(c2c([N+](=O)[O-])cnn2C2CC2)CC(F)(F)C1. The van der Waals surface area contributed by atoms with E-state index in [1.165, 1.54) is 9.58 Å². The highest BCUT2D eigenvalue weighted by molar-refractivity contribution is 5.58. The van der Waals surface area contributed by atoms with E-state index in [1.54, 1.807) is 0 Å². The Kier molecular flexibility index (Phi) is 3.31. The van der Waals surface area contributed by atoms with E-state index in [0.717, 1.165) is 19.0 Å². The van der Waals surface area contributed by atoms with Crippen molar-refractivity contribution in [3.8, 4) is 0 Å². The number of nitro groups is 1. The molecule has 21 heavy (non-hydrogen) atoms. The molecular weight excluding hydrogens is 284 g/mol. The highest BCUT2D eigenvalue weighted by atomic mass is 19.3. The van der Waals surface area contributed by atoms with Crippen LogP contribution in [0.1, 0.15) is 31.7 Å². The quantitative estimate of drug-likeness (QED) is 0.677. The highest BCUT2D eigenvalue weighted by Gasteiger charge is 2.41. The van der Waals surface area contributed by atoms with E-state index in [0.29, 0.717) is 6.42 Å². The maximum absolute atomic E-state index is 13.9. The average Bonchev–Trinajstić information content (AvgIpc) is 3.13. The van der Waals surface area contributed by atoms with Gasteiger partial charge in [-0.05, 0) is 19.3 Å². The molecule has 2 aliphatic rings. The first-order valence-electron chi connectivity index (χ1n) is 6.97. The van der Waals surface area contributed by atoms with Gasteiger partial charge in [0, 0.05) is 19.0 Å². The summed E-state index contributed by atoms with van der Waals surface area (Å²) in [7, 11) is 0. The molecule has 1 aromatic rings. The van der Waals surface area contributed by atoms with E-state index in [9.17, 15) is 18.9 Å². The fourth-order valence-corrected chi connectivity index (χ4v) is 2.78. The number of halogens is 2. The number of anilines is 1. The fraction of sp³-hybridized carbons (Fsp3) is 0.750. The molecule has 0 bridgehead atoms. The van der Waals surface area contributed by atoms with Gasteiger partial charge >= 0.3 is 5.69 Å². The zero-order valence-electron chi connectivity index (χ0n) is 11.4. The lowest BCUT2D eigenvalue weighted by Crippen LogP contribution is -2.37. The molecule has 7 nitrogen and oxygen atoms in total. The zero-order valence-corrected chi connectivity index (χ0v) is 11.4. The normalized spacial score (nSPS) is 25.7. The van der Waals surface area contributed by atoms with Gasteiger partial charge in [-0.25, -0.2) is 13.5 Å². The summed E-state index contributed by atoms with van der Waals surface area (Å²) in [5.41, 5.74) is 5.46. The minimum Gasteiger partial charge on any atom is -0.345 e. The van der Waals surface area contributed by atoms with Gasteiger partial charge in [-0.3, -0.25) is 10.1 Å². The van der Waals surface area contributed by atoms with E-state index in [1.807, 2.05) is 0 Å². The first-order chi connectivity index (χ1) is 9.87. The molecule has 1 unspecified atom stereocenters. The lowest BCUT2D eigenvalue weighted by molar-refractivity contribution is -0.384. The third-order valence-electron chi connectivity index (χ3n) is 3.89. The fourth-order valence-electron chi connectivity index (χ4n) is 2.78. The Balaban J connectivity index is 1.97. The molecule has 116 valence electrons. The monoisotopic (exact) mass is 301 g/mol. The van der Waals surface area contributed by atoms with Crippen molar-refractivity contribution in [2.75, 3.05) is 18.0 Å². The molecular formula is C12H17F2N5O2. The Labute approximate surface area is 119 Å². The average molecular weight is 301 g/mol. The molecule has 3 rings (SSSR count). The molecule has 0 aromatic carbocycles. The molecule has 1 aromatic heterocycles. The standard InChI is InChI=1S/C12H17F2N5O2/c13-12(14)5-8(15)3-4-17(7-12)11-10(19(20)21)6-16-18(11)9-1-2-9/h6,8-9H,1-5,7,15H2. The van der Waals surface area contributed by atoms with Crippen molar-refractivity contribution in [2.45, 2.75) is 43.7 Å². The van der Waals surface area contributed by atoms with Crippen LogP contribution in [0.2, 0.25) is 0 Å². The number of nitrogens with zero attached hydrogens (tertiary/aromatic N) is 4. The second-order valence-corrected chi connectivity index (χ2v) is 5.82. The Morgan fingerprint density at radius 3 is 2.76 bits per heavy atom. The molecule has 1 saturated carbocycles. The van der Waals surface area contributed by atoms with Crippen LogP contribution in [0.3, 0.4) is 0 Å². The second kappa shape index (κ2) is 4.90. The van der Waals surface area contributed by atoms with Crippen LogP contribution in [0.15, 0.2) is 6.20 Å². The largest absolute Gasteiger partial charge is 0.345 e. The number of aromatic nitrogens is 2. The van der Waals surface area contributed by atoms with Gasteiger partial charge in [0.15, 0.2) is 0 Å². The minimum absolute atomic E-state index is 0.0826. The number of alkyl halides is 2. The van der Waals surface area contributed by atoms with Crippen LogP contribution in [0.5, 0.6) is 0 Å². The molecule has 2 heterocycles. The first-order valence-corrected chi connectivity index (χ1v) is 6.97. The molecule has 1 saturated heterocycles. The van der Waals surface area contributed by atoms with Gasteiger partial charge in [0.25, 0.3) is 5.92 Å². The molecule has 1 atom stereocenters. The van der Waals surface area contributed by atoms with Gasteiger partial charge in [0.2, 0.25) is 5.82 Å². The van der Waals surface area contributed by atoms with Crippen molar-refractivity contribution in [3.63, 3.8) is 0 Å².